The zero-order valence-corrected chi connectivity index (χ0v) is 7.01. The predicted molar refractivity (Wildman–Crippen MR) is 52.4 cm³/mol. The van der Waals surface area contributed by atoms with Crippen molar-refractivity contribution < 1.29 is 0 Å². The standard InChI is InChI=1S/C9H10N4/c10-7-3-4-8(12-9(7)11)13-5-1-2-6-13/h1-6H,10H2,(H2,11,12). The molecule has 0 radical (unpaired) electrons. The maximum atomic E-state index is 5.58. The summed E-state index contributed by atoms with van der Waals surface area (Å²) in [4.78, 5) is 4.13. The number of nitrogens with two attached hydrogens (primary N) is 2. The number of pyridine rings is 1. The molecule has 0 spiro atoms. The Morgan fingerprint density at radius 3 is 2.38 bits per heavy atom. The average molecular weight is 174 g/mol. The summed E-state index contributed by atoms with van der Waals surface area (Å²) < 4.78 is 1.87. The summed E-state index contributed by atoms with van der Waals surface area (Å²) in [5.74, 6) is 1.14. The molecule has 0 amide bonds. The highest BCUT2D eigenvalue weighted by atomic mass is 15.1. The van der Waals surface area contributed by atoms with Gasteiger partial charge in [0.2, 0.25) is 0 Å². The van der Waals surface area contributed by atoms with Crippen LogP contribution < -0.4 is 11.5 Å². The van der Waals surface area contributed by atoms with Crippen LogP contribution >= 0.6 is 0 Å². The number of hydrogen-bond donors (Lipinski definition) is 2. The normalized spacial score (nSPS) is 10.2. The molecular formula is C9H10N4. The van der Waals surface area contributed by atoms with Gasteiger partial charge in [-0.25, -0.2) is 4.98 Å². The van der Waals surface area contributed by atoms with Crippen LogP contribution in [0.3, 0.4) is 0 Å². The molecule has 4 nitrogen and oxygen atoms in total. The molecule has 0 atom stereocenters. The number of rotatable bonds is 1. The maximum Gasteiger partial charge on any atom is 0.149 e. The summed E-state index contributed by atoms with van der Waals surface area (Å²) in [5.41, 5.74) is 11.6. The summed E-state index contributed by atoms with van der Waals surface area (Å²) in [5, 5.41) is 0. The smallest absolute Gasteiger partial charge is 0.149 e. The highest BCUT2D eigenvalue weighted by Gasteiger charge is 1.99. The van der Waals surface area contributed by atoms with E-state index < -0.39 is 0 Å². The number of nitrogen functional groups attached to an aromatic ring is 2. The van der Waals surface area contributed by atoms with Crippen molar-refractivity contribution in [3.8, 4) is 5.82 Å². The van der Waals surface area contributed by atoms with E-state index in [2.05, 4.69) is 4.98 Å². The van der Waals surface area contributed by atoms with Crippen molar-refractivity contribution in [3.05, 3.63) is 36.7 Å². The first kappa shape index (κ1) is 7.67. The third-order valence-electron chi connectivity index (χ3n) is 1.81. The Bertz CT molecular complexity index is 406. The van der Waals surface area contributed by atoms with E-state index in [1.54, 1.807) is 6.07 Å². The van der Waals surface area contributed by atoms with Crippen LogP contribution in [-0.2, 0) is 0 Å². The molecule has 4 N–H and O–H groups in total. The lowest BCUT2D eigenvalue weighted by Crippen LogP contribution is -2.01. The number of nitrogens with zero attached hydrogens (tertiary/aromatic N) is 2. The van der Waals surface area contributed by atoms with E-state index >= 15 is 0 Å². The number of anilines is 2. The third kappa shape index (κ3) is 1.33. The van der Waals surface area contributed by atoms with Crippen LogP contribution in [-0.4, -0.2) is 9.55 Å². The van der Waals surface area contributed by atoms with Gasteiger partial charge in [-0.2, -0.15) is 0 Å². The molecule has 0 saturated heterocycles. The monoisotopic (exact) mass is 174 g/mol. The van der Waals surface area contributed by atoms with E-state index in [0.717, 1.165) is 5.82 Å². The van der Waals surface area contributed by atoms with E-state index in [1.807, 2.05) is 35.2 Å². The minimum Gasteiger partial charge on any atom is -0.396 e. The Hall–Kier alpha value is -1.97. The molecule has 0 aliphatic rings. The van der Waals surface area contributed by atoms with Gasteiger partial charge in [0.25, 0.3) is 0 Å². The van der Waals surface area contributed by atoms with Crippen molar-refractivity contribution in [2.45, 2.75) is 0 Å². The minimum atomic E-state index is 0.367. The van der Waals surface area contributed by atoms with Gasteiger partial charge >= 0.3 is 0 Å². The van der Waals surface area contributed by atoms with Crippen LogP contribution in [0.2, 0.25) is 0 Å². The Morgan fingerprint density at radius 2 is 1.77 bits per heavy atom. The third-order valence-corrected chi connectivity index (χ3v) is 1.81. The van der Waals surface area contributed by atoms with Crippen LogP contribution in [0, 0.1) is 0 Å². The largest absolute Gasteiger partial charge is 0.396 e. The first-order valence-electron chi connectivity index (χ1n) is 3.93. The van der Waals surface area contributed by atoms with Gasteiger partial charge in [-0.05, 0) is 24.3 Å². The van der Waals surface area contributed by atoms with E-state index in [4.69, 9.17) is 11.5 Å². The summed E-state index contributed by atoms with van der Waals surface area (Å²) in [6.45, 7) is 0. The Kier molecular flexibility index (Phi) is 1.66. The van der Waals surface area contributed by atoms with Gasteiger partial charge in [0.05, 0.1) is 5.69 Å². The van der Waals surface area contributed by atoms with Crippen molar-refractivity contribution in [3.63, 3.8) is 0 Å². The van der Waals surface area contributed by atoms with Gasteiger partial charge in [0.15, 0.2) is 0 Å². The molecule has 0 aliphatic heterocycles. The van der Waals surface area contributed by atoms with Gasteiger partial charge in [-0.3, -0.25) is 0 Å². The minimum absolute atomic E-state index is 0.367. The second-order valence-electron chi connectivity index (χ2n) is 2.73. The molecule has 2 aromatic heterocycles. The van der Waals surface area contributed by atoms with Crippen molar-refractivity contribution in [1.29, 1.82) is 0 Å². The maximum absolute atomic E-state index is 5.58. The summed E-state index contributed by atoms with van der Waals surface area (Å²) in [6, 6.07) is 7.42. The Morgan fingerprint density at radius 1 is 1.08 bits per heavy atom. The van der Waals surface area contributed by atoms with Gasteiger partial charge in [0.1, 0.15) is 11.6 Å². The van der Waals surface area contributed by atoms with Crippen LogP contribution in [0.1, 0.15) is 0 Å². The second-order valence-corrected chi connectivity index (χ2v) is 2.73. The predicted octanol–water partition coefficient (Wildman–Crippen LogP) is 1.04. The quantitative estimate of drug-likeness (QED) is 0.678. The number of aromatic nitrogens is 2. The summed E-state index contributed by atoms with van der Waals surface area (Å²) in [6.07, 6.45) is 3.80. The van der Waals surface area contributed by atoms with Crippen molar-refractivity contribution in [1.82, 2.24) is 9.55 Å². The van der Waals surface area contributed by atoms with Crippen LogP contribution in [0.25, 0.3) is 5.82 Å². The van der Waals surface area contributed by atoms with Crippen molar-refractivity contribution in [2.24, 2.45) is 0 Å². The van der Waals surface area contributed by atoms with Crippen molar-refractivity contribution in [2.75, 3.05) is 11.5 Å². The zero-order valence-electron chi connectivity index (χ0n) is 7.01. The molecule has 0 unspecified atom stereocenters. The molecule has 0 aliphatic carbocycles. The van der Waals surface area contributed by atoms with Crippen LogP contribution in [0.4, 0.5) is 11.5 Å². The lowest BCUT2D eigenvalue weighted by molar-refractivity contribution is 1.01. The Labute approximate surface area is 75.8 Å². The summed E-state index contributed by atoms with van der Waals surface area (Å²) >= 11 is 0. The van der Waals surface area contributed by atoms with Gasteiger partial charge in [-0.1, -0.05) is 0 Å². The molecule has 0 bridgehead atoms. The lowest BCUT2D eigenvalue weighted by atomic mass is 10.4. The average Bonchev–Trinajstić information content (AvgIpc) is 2.62. The topological polar surface area (TPSA) is 69.9 Å². The van der Waals surface area contributed by atoms with Crippen molar-refractivity contribution >= 4 is 11.5 Å². The highest BCUT2D eigenvalue weighted by molar-refractivity contribution is 5.59. The van der Waals surface area contributed by atoms with Crippen LogP contribution in [0.5, 0.6) is 0 Å². The Balaban J connectivity index is 2.49. The fourth-order valence-corrected chi connectivity index (χ4v) is 1.11. The van der Waals surface area contributed by atoms with E-state index in [-0.39, 0.29) is 0 Å². The molecule has 2 rings (SSSR count). The van der Waals surface area contributed by atoms with E-state index in [1.165, 1.54) is 0 Å². The fourth-order valence-electron chi connectivity index (χ4n) is 1.11. The first-order chi connectivity index (χ1) is 6.27. The fraction of sp³-hybridized carbons (Fsp3) is 0. The molecule has 0 aromatic carbocycles. The van der Waals surface area contributed by atoms with E-state index in [9.17, 15) is 0 Å². The molecule has 2 aromatic rings. The van der Waals surface area contributed by atoms with Gasteiger partial charge < -0.3 is 16.0 Å². The molecule has 2 heterocycles. The molecule has 66 valence electrons. The lowest BCUT2D eigenvalue weighted by Gasteiger charge is -2.04. The van der Waals surface area contributed by atoms with Gasteiger partial charge in [-0.15, -0.1) is 0 Å². The molecule has 13 heavy (non-hydrogen) atoms. The summed E-state index contributed by atoms with van der Waals surface area (Å²) in [7, 11) is 0. The first-order valence-corrected chi connectivity index (χ1v) is 3.93. The van der Waals surface area contributed by atoms with E-state index in [0.29, 0.717) is 11.5 Å². The number of hydrogen-bond acceptors (Lipinski definition) is 3. The van der Waals surface area contributed by atoms with Gasteiger partial charge in [0, 0.05) is 12.4 Å². The molecule has 0 saturated carbocycles. The second kappa shape index (κ2) is 2.82. The molecular weight excluding hydrogens is 164 g/mol. The zero-order chi connectivity index (χ0) is 9.26. The van der Waals surface area contributed by atoms with Crippen LogP contribution in [0.15, 0.2) is 36.7 Å². The SMILES string of the molecule is Nc1ccc(-n2cccc2)nc1N. The molecule has 0 fully saturated rings. The highest BCUT2D eigenvalue weighted by Crippen LogP contribution is 2.14. The molecule has 4 heteroatoms.